The van der Waals surface area contributed by atoms with Gasteiger partial charge in [-0.25, -0.2) is 14.4 Å². The Balaban J connectivity index is 0.000000192. The fourth-order valence-electron chi connectivity index (χ4n) is 15.6. The van der Waals surface area contributed by atoms with E-state index in [4.69, 9.17) is 24.7 Å². The summed E-state index contributed by atoms with van der Waals surface area (Å²) >= 11 is 0. The van der Waals surface area contributed by atoms with Crippen LogP contribution in [0.5, 0.6) is 0 Å². The van der Waals surface area contributed by atoms with Gasteiger partial charge >= 0.3 is 48.7 Å². The largest absolute Gasteiger partial charge is 1.00 e. The van der Waals surface area contributed by atoms with Crippen LogP contribution >= 0.6 is 0 Å². The molecule has 13 nitrogen and oxygen atoms in total. The molecule has 0 saturated heterocycles. The first-order chi connectivity index (χ1) is 47.7. The van der Waals surface area contributed by atoms with Crippen molar-refractivity contribution >= 4 is 29.8 Å². The van der Waals surface area contributed by atoms with Gasteiger partial charge in [-0.05, 0) is 197 Å². The first kappa shape index (κ1) is 80.9. The van der Waals surface area contributed by atoms with Gasteiger partial charge in [0, 0.05) is 47.7 Å². The summed E-state index contributed by atoms with van der Waals surface area (Å²) in [6, 6.07) is 43.0. The van der Waals surface area contributed by atoms with Crippen molar-refractivity contribution < 1.29 is 66.5 Å². The fraction of sp³-hybridized carbons (Fsp3) is 0.518. The Hall–Kier alpha value is -7.03. The van der Waals surface area contributed by atoms with Gasteiger partial charge in [0.1, 0.15) is 0 Å². The van der Waals surface area contributed by atoms with Crippen LogP contribution in [0.25, 0.3) is 5.32 Å². The molecule has 8 atom stereocenters. The minimum Gasteiger partial charge on any atom is -0.652 e. The molecule has 528 valence electrons. The van der Waals surface area contributed by atoms with Crippen molar-refractivity contribution in [2.45, 2.75) is 188 Å². The Labute approximate surface area is 605 Å². The van der Waals surface area contributed by atoms with Crippen molar-refractivity contribution in [3.63, 3.8) is 0 Å². The quantitative estimate of drug-likeness (QED) is 0.0250. The molecule has 7 saturated carbocycles. The van der Waals surface area contributed by atoms with Crippen LogP contribution in [0, 0.1) is 71.5 Å². The Bertz CT molecular complexity index is 3200. The van der Waals surface area contributed by atoms with E-state index in [1.165, 1.54) is 119 Å². The second-order valence-corrected chi connectivity index (χ2v) is 27.0. The number of carbonyl (C=O) groups is 5. The summed E-state index contributed by atoms with van der Waals surface area (Å²) in [5.41, 5.74) is 13.1. The van der Waals surface area contributed by atoms with Gasteiger partial charge in [-0.15, -0.1) is 19.0 Å². The maximum absolute atomic E-state index is 13.1. The molecule has 13 aliphatic carbocycles. The molecule has 0 aromatic heterocycles. The Morgan fingerprint density at radius 2 is 1.00 bits per heavy atom. The SMILES string of the molecule is C#CC(=O)OCC.C1=CCCC=C1.CCOC(=O)C1=CC2C=CC1CC2.CCOC(=O)C1=CC2CCC1CC2.CCOC(=O)[C@H]1C2CCC(CC2)[C@@H]1N.CCOC(=O)[C@H]1C2CCC(CC2)[C@@H]1N(Cc1ccccc1)[C@@H](C)c1ccccc1.C[C@H]([N-]Cc1ccccc1)c1ccccc1.[Li+]. The topological polar surface area (TPSA) is 175 Å². The summed E-state index contributed by atoms with van der Waals surface area (Å²) in [5, 5.41) is 4.66. The Morgan fingerprint density at radius 1 is 0.525 bits per heavy atom. The summed E-state index contributed by atoms with van der Waals surface area (Å²) in [4.78, 5) is 60.3. The molecule has 0 spiro atoms. The van der Waals surface area contributed by atoms with E-state index >= 15 is 0 Å². The molecule has 8 bridgehead atoms. The molecule has 0 amide bonds. The summed E-state index contributed by atoms with van der Waals surface area (Å²) in [6.07, 6.45) is 41.0. The number of nitrogens with zero attached hydrogens (tertiary/aromatic N) is 2. The van der Waals surface area contributed by atoms with Crippen molar-refractivity contribution in [3.05, 3.63) is 209 Å². The third kappa shape index (κ3) is 25.2. The number of ether oxygens (including phenoxy) is 5. The molecule has 13 aliphatic rings. The van der Waals surface area contributed by atoms with E-state index in [9.17, 15) is 24.0 Å². The van der Waals surface area contributed by atoms with Crippen LogP contribution in [0.3, 0.4) is 0 Å². The monoisotopic (exact) mass is 1340 g/mol. The third-order valence-corrected chi connectivity index (χ3v) is 20.7. The van der Waals surface area contributed by atoms with Crippen molar-refractivity contribution in [2.24, 2.45) is 64.9 Å². The first-order valence-corrected chi connectivity index (χ1v) is 36.8. The second-order valence-electron chi connectivity index (χ2n) is 27.0. The zero-order valence-electron chi connectivity index (χ0n) is 60.6. The average Bonchev–Trinajstić information content (AvgIpc) is 0.762. The summed E-state index contributed by atoms with van der Waals surface area (Å²) in [5.74, 6) is 5.01. The average molecular weight is 1340 g/mol. The number of terminal acetylenes is 1. The van der Waals surface area contributed by atoms with Gasteiger partial charge in [0.05, 0.1) is 44.9 Å². The first-order valence-electron chi connectivity index (χ1n) is 36.8. The van der Waals surface area contributed by atoms with E-state index < -0.39 is 5.97 Å². The number of allylic oxidation sites excluding steroid dienone is 8. The molecule has 0 radical (unpaired) electrons. The van der Waals surface area contributed by atoms with Gasteiger partial charge in [0.15, 0.2) is 0 Å². The van der Waals surface area contributed by atoms with Crippen LogP contribution in [0.4, 0.5) is 0 Å². The van der Waals surface area contributed by atoms with Crippen LogP contribution in [-0.4, -0.2) is 79.9 Å². The molecular weight excluding hydrogens is 1230 g/mol. The van der Waals surface area contributed by atoms with Crippen molar-refractivity contribution in [1.82, 2.24) is 4.90 Å². The normalized spacial score (nSPS) is 25.4. The van der Waals surface area contributed by atoms with E-state index in [0.717, 1.165) is 30.7 Å². The van der Waals surface area contributed by atoms with Gasteiger partial charge in [0.2, 0.25) is 0 Å². The minimum atomic E-state index is -0.595. The Morgan fingerprint density at radius 3 is 1.43 bits per heavy atom. The summed E-state index contributed by atoms with van der Waals surface area (Å²) in [6.45, 7) is 17.5. The maximum atomic E-state index is 13.1. The molecule has 99 heavy (non-hydrogen) atoms. The van der Waals surface area contributed by atoms with Crippen LogP contribution < -0.4 is 24.6 Å². The zero-order chi connectivity index (χ0) is 70.0. The molecule has 14 heteroatoms. The van der Waals surface area contributed by atoms with Gasteiger partial charge in [0.25, 0.3) is 0 Å². The number of benzene rings is 4. The number of nitrogens with two attached hydrogens (primary N) is 1. The van der Waals surface area contributed by atoms with Crippen LogP contribution in [0.15, 0.2) is 181 Å². The molecule has 2 N–H and O–H groups in total. The number of hydrogen-bond donors (Lipinski definition) is 1. The molecule has 0 aliphatic heterocycles. The van der Waals surface area contributed by atoms with Gasteiger partial charge in [-0.1, -0.05) is 188 Å². The van der Waals surface area contributed by atoms with Crippen LogP contribution in [-0.2, 0) is 60.7 Å². The van der Waals surface area contributed by atoms with Crippen molar-refractivity contribution in [3.8, 4) is 12.3 Å². The van der Waals surface area contributed by atoms with Gasteiger partial charge in [-0.3, -0.25) is 14.5 Å². The molecule has 0 heterocycles. The zero-order valence-corrected chi connectivity index (χ0v) is 60.6. The minimum absolute atomic E-state index is 0. The second kappa shape index (κ2) is 44.3. The summed E-state index contributed by atoms with van der Waals surface area (Å²) in [7, 11) is 0. The number of carbonyl (C=O) groups excluding carboxylic acids is 5. The number of fused-ring (bicyclic) bond motifs is 9. The van der Waals surface area contributed by atoms with Crippen molar-refractivity contribution in [2.75, 3.05) is 33.0 Å². The van der Waals surface area contributed by atoms with E-state index in [1.54, 1.807) is 12.8 Å². The third-order valence-electron chi connectivity index (χ3n) is 20.7. The molecule has 4 aromatic carbocycles. The van der Waals surface area contributed by atoms with Crippen molar-refractivity contribution in [1.29, 1.82) is 0 Å². The van der Waals surface area contributed by atoms with Gasteiger partial charge < -0.3 is 34.7 Å². The number of rotatable bonds is 18. The summed E-state index contributed by atoms with van der Waals surface area (Å²) < 4.78 is 25.0. The van der Waals surface area contributed by atoms with E-state index in [-0.39, 0.29) is 78.7 Å². The van der Waals surface area contributed by atoms with Crippen LogP contribution in [0.2, 0.25) is 0 Å². The molecular formula is C85H112LiN3O10. The van der Waals surface area contributed by atoms with E-state index in [1.807, 2.05) is 39.8 Å². The predicted octanol–water partition coefficient (Wildman–Crippen LogP) is 14.7. The predicted molar refractivity (Wildman–Crippen MR) is 391 cm³/mol. The van der Waals surface area contributed by atoms with E-state index in [0.29, 0.717) is 80.4 Å². The Kier molecular flexibility index (Phi) is 36.2. The number of esters is 5. The molecule has 7 fully saturated rings. The smallest absolute Gasteiger partial charge is 0.652 e. The molecule has 17 rings (SSSR count). The molecule has 2 unspecified atom stereocenters. The number of hydrogen-bond acceptors (Lipinski definition) is 12. The molecule has 4 aromatic rings. The van der Waals surface area contributed by atoms with E-state index in [2.05, 4.69) is 193 Å². The standard InChI is InChI=1S/C26H33NO2.C15H16N.C11H19NO2.C11H16O2.C11H14O2.C6H8.C5H6O2.Li/c1-3-29-26(28)24-22-14-16-23(17-15-22)25(24)27(18-20-10-6-4-7-11-20)19(2)21-12-8-5-9-13-21;1-13(15-10-6-3-7-11-15)16-12-14-8-4-2-5-9-14;1-2-14-11(13)9-7-3-5-8(6-4-7)10(9)12;2*1-2-13-11(12)10-7-8-3-5-9(10)6-4-8;1-2-4-6-5-3-1;1-3-5(6)7-4-2;/h4-13,19,22-25H,3,14-18H2,1-2H3;2-11,13H,12H2,1H3;7-10H,2-6,12H2,1H3;7-9H,2-6H2,1H3;3,5,7-9H,2,4,6H2,1H3;1-4H,5-6H2;1H,4H2,2H3;/q;-1;;;;;;+1/t19-,22?,23?,24-,25-;13-;7?,8?,9-,10-;;;;;/m000...../s1. The maximum Gasteiger partial charge on any atom is 1.00 e. The van der Waals surface area contributed by atoms with Crippen LogP contribution in [0.1, 0.15) is 186 Å². The van der Waals surface area contributed by atoms with Gasteiger partial charge in [-0.2, -0.15) is 0 Å². The fourth-order valence-corrected chi connectivity index (χ4v) is 15.6.